The van der Waals surface area contributed by atoms with Crippen LogP contribution in [0.3, 0.4) is 0 Å². The van der Waals surface area contributed by atoms with Gasteiger partial charge < -0.3 is 10.2 Å². The molecule has 2 amide bonds. The van der Waals surface area contributed by atoms with Crippen molar-refractivity contribution in [2.45, 2.75) is 32.0 Å². The van der Waals surface area contributed by atoms with Gasteiger partial charge in [0.2, 0.25) is 21.8 Å². The van der Waals surface area contributed by atoms with Crippen molar-refractivity contribution < 1.29 is 18.0 Å². The molecule has 2 aromatic carbocycles. The summed E-state index contributed by atoms with van der Waals surface area (Å²) in [5, 5.41) is 2.84. The number of nitrogens with one attached hydrogen (secondary N) is 1. The Morgan fingerprint density at radius 3 is 2.30 bits per heavy atom. The summed E-state index contributed by atoms with van der Waals surface area (Å²) in [6.45, 7) is 1.68. The fourth-order valence-electron chi connectivity index (χ4n) is 3.49. The number of hydrogen-bond donors (Lipinski definition) is 1. The van der Waals surface area contributed by atoms with E-state index in [1.807, 2.05) is 35.2 Å². The van der Waals surface area contributed by atoms with Crippen LogP contribution in [0.2, 0.25) is 0 Å². The maximum absolute atomic E-state index is 12.9. The van der Waals surface area contributed by atoms with Gasteiger partial charge in [0.1, 0.15) is 6.04 Å². The Morgan fingerprint density at radius 2 is 1.73 bits per heavy atom. The van der Waals surface area contributed by atoms with Crippen LogP contribution in [0.4, 0.5) is 0 Å². The highest BCUT2D eigenvalue weighted by molar-refractivity contribution is 7.88. The highest BCUT2D eigenvalue weighted by Crippen LogP contribution is 2.22. The van der Waals surface area contributed by atoms with E-state index in [0.717, 1.165) is 34.7 Å². The molecule has 0 spiro atoms. The Morgan fingerprint density at radius 1 is 1.10 bits per heavy atom. The maximum atomic E-state index is 12.9. The summed E-state index contributed by atoms with van der Waals surface area (Å²) in [6, 6.07) is 15.6. The molecule has 0 saturated carbocycles. The lowest BCUT2D eigenvalue weighted by molar-refractivity contribution is -0.128. The molecule has 30 heavy (non-hydrogen) atoms. The first-order valence-electron chi connectivity index (χ1n) is 9.87. The largest absolute Gasteiger partial charge is 0.350 e. The molecule has 0 unspecified atom stereocenters. The number of likely N-dealkylation sites (tertiary alicyclic amines) is 1. The van der Waals surface area contributed by atoms with E-state index in [1.54, 1.807) is 24.3 Å². The van der Waals surface area contributed by atoms with Crippen LogP contribution < -0.4 is 5.32 Å². The van der Waals surface area contributed by atoms with Gasteiger partial charge in [-0.25, -0.2) is 8.42 Å². The number of likely N-dealkylation sites (N-methyl/N-ethyl adjacent to an activating group) is 1. The van der Waals surface area contributed by atoms with Crippen LogP contribution in [0, 0.1) is 0 Å². The van der Waals surface area contributed by atoms with E-state index in [-0.39, 0.29) is 18.4 Å². The molecule has 0 aromatic heterocycles. The third-order valence-corrected chi connectivity index (χ3v) is 6.54. The van der Waals surface area contributed by atoms with Crippen molar-refractivity contribution in [1.82, 2.24) is 14.5 Å². The molecule has 0 bridgehead atoms. The molecule has 1 heterocycles. The molecule has 3 rings (SSSR count). The second kappa shape index (κ2) is 9.40. The van der Waals surface area contributed by atoms with Crippen LogP contribution in [0.1, 0.15) is 35.6 Å². The zero-order chi connectivity index (χ0) is 21.7. The Bertz CT molecular complexity index is 991. The molecule has 1 aliphatic rings. The Kier molecular flexibility index (Phi) is 6.89. The number of amides is 2. The molecule has 1 fully saturated rings. The monoisotopic (exact) mass is 429 g/mol. The molecular formula is C22H27N3O4S. The number of sulfonamides is 1. The zero-order valence-electron chi connectivity index (χ0n) is 17.2. The van der Waals surface area contributed by atoms with Gasteiger partial charge in [0.15, 0.2) is 0 Å². The first-order chi connectivity index (χ1) is 14.3. The third-order valence-electron chi connectivity index (χ3n) is 5.28. The summed E-state index contributed by atoms with van der Waals surface area (Å²) in [5.41, 5.74) is 2.54. The first-order valence-corrected chi connectivity index (χ1v) is 11.7. The lowest BCUT2D eigenvalue weighted by Gasteiger charge is -2.25. The van der Waals surface area contributed by atoms with E-state index in [1.165, 1.54) is 7.05 Å². The van der Waals surface area contributed by atoms with Gasteiger partial charge in [0.25, 0.3) is 0 Å². The summed E-state index contributed by atoms with van der Waals surface area (Å²) in [5.74, 6) is -0.200. The minimum absolute atomic E-state index is 0.188. The van der Waals surface area contributed by atoms with Gasteiger partial charge in [-0.2, -0.15) is 4.31 Å². The molecule has 2 aromatic rings. The van der Waals surface area contributed by atoms with Crippen LogP contribution in [-0.2, 0) is 32.7 Å². The van der Waals surface area contributed by atoms with Crippen molar-refractivity contribution >= 4 is 21.8 Å². The number of benzene rings is 2. The van der Waals surface area contributed by atoms with E-state index in [0.29, 0.717) is 18.5 Å². The molecule has 7 nitrogen and oxygen atoms in total. The number of nitrogens with zero attached hydrogens (tertiary/aromatic N) is 2. The molecule has 8 heteroatoms. The van der Waals surface area contributed by atoms with Crippen LogP contribution >= 0.6 is 0 Å². The van der Waals surface area contributed by atoms with Crippen molar-refractivity contribution in [3.63, 3.8) is 0 Å². The summed E-state index contributed by atoms with van der Waals surface area (Å²) < 4.78 is 25.2. The summed E-state index contributed by atoms with van der Waals surface area (Å²) in [4.78, 5) is 26.5. The zero-order valence-corrected chi connectivity index (χ0v) is 18.1. The third kappa shape index (κ3) is 5.46. The predicted octanol–water partition coefficient (Wildman–Crippen LogP) is 2.06. The molecule has 1 aliphatic heterocycles. The summed E-state index contributed by atoms with van der Waals surface area (Å²) in [7, 11) is -2.16. The second-order valence-corrected chi connectivity index (χ2v) is 9.59. The molecule has 1 atom stereocenters. The Balaban J connectivity index is 1.65. The number of carbonyl (C=O) groups excluding carboxylic acids is 2. The van der Waals surface area contributed by atoms with Crippen molar-refractivity contribution in [1.29, 1.82) is 0 Å². The highest BCUT2D eigenvalue weighted by atomic mass is 32.2. The van der Waals surface area contributed by atoms with E-state index in [2.05, 4.69) is 5.32 Å². The molecular weight excluding hydrogens is 402 g/mol. The van der Waals surface area contributed by atoms with Gasteiger partial charge in [-0.1, -0.05) is 54.6 Å². The average molecular weight is 430 g/mol. The van der Waals surface area contributed by atoms with Gasteiger partial charge in [-0.3, -0.25) is 9.59 Å². The van der Waals surface area contributed by atoms with Gasteiger partial charge in [-0.05, 0) is 23.1 Å². The number of hydrogen-bond acceptors (Lipinski definition) is 4. The SMILES string of the molecule is CN([C@@H](C(=O)NCc1ccc(CN2CCCC2=O)cc1)c1ccccc1)S(C)(=O)=O. The number of carbonyl (C=O) groups is 2. The second-order valence-electron chi connectivity index (χ2n) is 7.55. The van der Waals surface area contributed by atoms with Crippen molar-refractivity contribution in [3.8, 4) is 0 Å². The first kappa shape index (κ1) is 22.0. The highest BCUT2D eigenvalue weighted by Gasteiger charge is 2.30. The van der Waals surface area contributed by atoms with Crippen LogP contribution in [-0.4, -0.2) is 49.3 Å². The average Bonchev–Trinajstić information content (AvgIpc) is 3.12. The van der Waals surface area contributed by atoms with Gasteiger partial charge >= 0.3 is 0 Å². The molecule has 0 radical (unpaired) electrons. The molecule has 1 saturated heterocycles. The fraction of sp³-hybridized carbons (Fsp3) is 0.364. The van der Waals surface area contributed by atoms with Gasteiger partial charge in [0.05, 0.1) is 6.26 Å². The fourth-order valence-corrected chi connectivity index (χ4v) is 4.09. The quantitative estimate of drug-likeness (QED) is 0.696. The van der Waals surface area contributed by atoms with E-state index in [9.17, 15) is 18.0 Å². The summed E-state index contributed by atoms with van der Waals surface area (Å²) >= 11 is 0. The van der Waals surface area contributed by atoms with E-state index < -0.39 is 16.1 Å². The molecule has 160 valence electrons. The van der Waals surface area contributed by atoms with Crippen molar-refractivity contribution in [2.24, 2.45) is 0 Å². The van der Waals surface area contributed by atoms with Crippen LogP contribution in [0.5, 0.6) is 0 Å². The predicted molar refractivity (Wildman–Crippen MR) is 115 cm³/mol. The van der Waals surface area contributed by atoms with Crippen LogP contribution in [0.15, 0.2) is 54.6 Å². The topological polar surface area (TPSA) is 86.8 Å². The van der Waals surface area contributed by atoms with E-state index in [4.69, 9.17) is 0 Å². The lowest BCUT2D eigenvalue weighted by Crippen LogP contribution is -2.41. The molecule has 0 aliphatic carbocycles. The Hall–Kier alpha value is -2.71. The van der Waals surface area contributed by atoms with Crippen molar-refractivity contribution in [2.75, 3.05) is 19.8 Å². The van der Waals surface area contributed by atoms with Gasteiger partial charge in [-0.15, -0.1) is 0 Å². The van der Waals surface area contributed by atoms with Gasteiger partial charge in [0, 0.05) is 33.1 Å². The lowest BCUT2D eigenvalue weighted by atomic mass is 10.1. The molecule has 1 N–H and O–H groups in total. The maximum Gasteiger partial charge on any atom is 0.243 e. The van der Waals surface area contributed by atoms with Crippen LogP contribution in [0.25, 0.3) is 0 Å². The normalized spacial score (nSPS) is 15.4. The smallest absolute Gasteiger partial charge is 0.243 e. The van der Waals surface area contributed by atoms with Crippen molar-refractivity contribution in [3.05, 3.63) is 71.3 Å². The standard InChI is InChI=1S/C22H27N3O4S/c1-24(30(2,28)29)21(19-7-4-3-5-8-19)22(27)23-15-17-10-12-18(13-11-17)16-25-14-6-9-20(25)26/h3-5,7-8,10-13,21H,6,9,14-16H2,1-2H3,(H,23,27)/t21-/m1/s1. The minimum Gasteiger partial charge on any atom is -0.350 e. The minimum atomic E-state index is -3.56. The van der Waals surface area contributed by atoms with E-state index >= 15 is 0 Å². The Labute approximate surface area is 177 Å². The number of rotatable bonds is 8. The summed E-state index contributed by atoms with van der Waals surface area (Å²) in [6.07, 6.45) is 2.61.